The van der Waals surface area contributed by atoms with Crippen LogP contribution in [0.5, 0.6) is 5.75 Å². The number of hydrogen-bond donors (Lipinski definition) is 1. The van der Waals surface area contributed by atoms with Crippen LogP contribution in [0, 0.1) is 5.92 Å². The molecule has 2 amide bonds. The number of nitrogens with zero attached hydrogens (tertiary/aromatic N) is 2. The van der Waals surface area contributed by atoms with Gasteiger partial charge in [0.2, 0.25) is 21.8 Å². The summed E-state index contributed by atoms with van der Waals surface area (Å²) in [5.41, 5.74) is 1.27. The molecule has 10 heteroatoms. The Labute approximate surface area is 226 Å². The molecule has 1 atom stereocenters. The normalized spacial score (nSPS) is 12.2. The third kappa shape index (κ3) is 9.55. The van der Waals surface area contributed by atoms with Crippen molar-refractivity contribution < 1.29 is 22.7 Å². The minimum absolute atomic E-state index is 0.0677. The molecule has 0 bridgehead atoms. The third-order valence-electron chi connectivity index (χ3n) is 5.70. The number of ether oxygens (including phenoxy) is 1. The van der Waals surface area contributed by atoms with Gasteiger partial charge in [0, 0.05) is 31.1 Å². The molecular weight excluding hydrogens is 514 g/mol. The van der Waals surface area contributed by atoms with E-state index in [0.717, 1.165) is 11.8 Å². The molecule has 0 unspecified atom stereocenters. The van der Waals surface area contributed by atoms with E-state index >= 15 is 0 Å². The Morgan fingerprint density at radius 1 is 1.05 bits per heavy atom. The molecule has 2 aromatic rings. The van der Waals surface area contributed by atoms with Crippen LogP contribution in [0.25, 0.3) is 0 Å². The Bertz CT molecular complexity index is 1140. The maximum absolute atomic E-state index is 13.4. The Kier molecular flexibility index (Phi) is 11.7. The summed E-state index contributed by atoms with van der Waals surface area (Å²) in [4.78, 5) is 27.7. The molecule has 1 N–H and O–H groups in total. The first kappa shape index (κ1) is 30.4. The second kappa shape index (κ2) is 14.2. The van der Waals surface area contributed by atoms with Crippen molar-refractivity contribution in [2.75, 3.05) is 30.3 Å². The number of nitrogens with one attached hydrogen (secondary N) is 1. The van der Waals surface area contributed by atoms with Gasteiger partial charge < -0.3 is 15.0 Å². The number of amides is 2. The van der Waals surface area contributed by atoms with Crippen molar-refractivity contribution in [3.8, 4) is 5.75 Å². The van der Waals surface area contributed by atoms with Crippen LogP contribution in [0.1, 0.15) is 46.1 Å². The van der Waals surface area contributed by atoms with E-state index in [0.29, 0.717) is 29.6 Å². The minimum Gasteiger partial charge on any atom is -0.492 e. The van der Waals surface area contributed by atoms with Crippen LogP contribution in [0.2, 0.25) is 5.02 Å². The van der Waals surface area contributed by atoms with Crippen LogP contribution in [-0.4, -0.2) is 57.1 Å². The monoisotopic (exact) mass is 551 g/mol. The van der Waals surface area contributed by atoms with E-state index in [9.17, 15) is 18.0 Å². The van der Waals surface area contributed by atoms with E-state index in [1.807, 2.05) is 32.9 Å². The molecule has 37 heavy (non-hydrogen) atoms. The molecule has 0 aliphatic carbocycles. The summed E-state index contributed by atoms with van der Waals surface area (Å²) >= 11 is 6.00. The van der Waals surface area contributed by atoms with Gasteiger partial charge in [-0.2, -0.15) is 0 Å². The van der Waals surface area contributed by atoms with Gasteiger partial charge in [-0.1, -0.05) is 49.7 Å². The summed E-state index contributed by atoms with van der Waals surface area (Å²) in [5.74, 6) is 0.257. The zero-order valence-corrected chi connectivity index (χ0v) is 23.8. The molecular formula is C27H38ClN3O5S. The Hall–Kier alpha value is -2.78. The van der Waals surface area contributed by atoms with Crippen LogP contribution in [0.15, 0.2) is 48.5 Å². The van der Waals surface area contributed by atoms with Gasteiger partial charge in [0.15, 0.2) is 0 Å². The lowest BCUT2D eigenvalue weighted by atomic mass is 10.1. The SMILES string of the molecule is CCOc1ccccc1N(CCCC(=O)N(Cc1ccc(Cl)cc1)[C@@H](C)C(=O)NCC(C)C)S(C)(=O)=O. The Balaban J connectivity index is 2.19. The number of anilines is 1. The summed E-state index contributed by atoms with van der Waals surface area (Å²) in [6, 6.07) is 13.3. The number of benzene rings is 2. The molecule has 0 saturated heterocycles. The number of sulfonamides is 1. The van der Waals surface area contributed by atoms with Crippen LogP contribution in [0.4, 0.5) is 5.69 Å². The largest absolute Gasteiger partial charge is 0.492 e. The number of halogens is 1. The van der Waals surface area contributed by atoms with Crippen LogP contribution < -0.4 is 14.4 Å². The molecule has 2 rings (SSSR count). The zero-order valence-electron chi connectivity index (χ0n) is 22.2. The fourth-order valence-electron chi connectivity index (χ4n) is 3.74. The third-order valence-corrected chi connectivity index (χ3v) is 7.14. The van der Waals surface area contributed by atoms with Crippen molar-refractivity contribution in [2.45, 2.75) is 53.1 Å². The molecule has 0 aromatic heterocycles. The highest BCUT2D eigenvalue weighted by Crippen LogP contribution is 2.30. The molecule has 0 heterocycles. The second-order valence-corrected chi connectivity index (χ2v) is 11.6. The van der Waals surface area contributed by atoms with Gasteiger partial charge in [0.05, 0.1) is 18.6 Å². The molecule has 0 fully saturated rings. The minimum atomic E-state index is -3.62. The number of para-hydroxylation sites is 2. The average molecular weight is 552 g/mol. The van der Waals surface area contributed by atoms with Crippen molar-refractivity contribution in [1.82, 2.24) is 10.2 Å². The van der Waals surface area contributed by atoms with Crippen LogP contribution in [0.3, 0.4) is 0 Å². The molecule has 0 radical (unpaired) electrons. The van der Waals surface area contributed by atoms with Gasteiger partial charge in [-0.05, 0) is 56.0 Å². The molecule has 0 saturated carbocycles. The first-order chi connectivity index (χ1) is 17.4. The fraction of sp³-hybridized carbons (Fsp3) is 0.481. The van der Waals surface area contributed by atoms with Gasteiger partial charge in [-0.3, -0.25) is 13.9 Å². The predicted molar refractivity (Wildman–Crippen MR) is 148 cm³/mol. The van der Waals surface area contributed by atoms with Crippen LogP contribution >= 0.6 is 11.6 Å². The highest BCUT2D eigenvalue weighted by atomic mass is 35.5. The number of hydrogen-bond acceptors (Lipinski definition) is 5. The predicted octanol–water partition coefficient (Wildman–Crippen LogP) is 4.47. The Morgan fingerprint density at radius 3 is 2.30 bits per heavy atom. The van der Waals surface area contributed by atoms with Gasteiger partial charge in [-0.15, -0.1) is 0 Å². The molecule has 0 aliphatic heterocycles. The van der Waals surface area contributed by atoms with Crippen molar-refractivity contribution in [1.29, 1.82) is 0 Å². The fourth-order valence-corrected chi connectivity index (χ4v) is 4.84. The Morgan fingerprint density at radius 2 is 1.70 bits per heavy atom. The maximum atomic E-state index is 13.4. The van der Waals surface area contributed by atoms with Gasteiger partial charge in [-0.25, -0.2) is 8.42 Å². The maximum Gasteiger partial charge on any atom is 0.242 e. The molecule has 8 nitrogen and oxygen atoms in total. The number of carbonyl (C=O) groups is 2. The highest BCUT2D eigenvalue weighted by molar-refractivity contribution is 7.92. The summed E-state index contributed by atoms with van der Waals surface area (Å²) < 4.78 is 32.1. The van der Waals surface area contributed by atoms with Crippen molar-refractivity contribution >= 4 is 39.1 Å². The van der Waals surface area contributed by atoms with Crippen molar-refractivity contribution in [2.24, 2.45) is 5.92 Å². The van der Waals surface area contributed by atoms with E-state index in [4.69, 9.17) is 16.3 Å². The van der Waals surface area contributed by atoms with Crippen molar-refractivity contribution in [3.63, 3.8) is 0 Å². The summed E-state index contributed by atoms with van der Waals surface area (Å²) in [6.45, 7) is 8.75. The number of carbonyl (C=O) groups excluding carboxylic acids is 2. The highest BCUT2D eigenvalue weighted by Gasteiger charge is 2.27. The lowest BCUT2D eigenvalue weighted by molar-refractivity contribution is -0.140. The topological polar surface area (TPSA) is 96.0 Å². The smallest absolute Gasteiger partial charge is 0.242 e. The lowest BCUT2D eigenvalue weighted by Crippen LogP contribution is -2.48. The molecule has 204 valence electrons. The standard InChI is InChI=1S/C27H38ClN3O5S/c1-6-36-25-11-8-7-10-24(25)31(37(5,34)35)17-9-12-26(32)30(19-22-13-15-23(28)16-14-22)21(4)27(33)29-18-20(2)3/h7-8,10-11,13-16,20-21H,6,9,12,17-19H2,1-5H3,(H,29,33)/t21-/m0/s1. The van der Waals surface area contributed by atoms with E-state index in [2.05, 4.69) is 5.32 Å². The van der Waals surface area contributed by atoms with E-state index in [1.54, 1.807) is 43.3 Å². The van der Waals surface area contributed by atoms with Crippen molar-refractivity contribution in [3.05, 3.63) is 59.1 Å². The van der Waals surface area contributed by atoms with Gasteiger partial charge in [0.1, 0.15) is 11.8 Å². The summed E-state index contributed by atoms with van der Waals surface area (Å²) in [5, 5.41) is 3.47. The summed E-state index contributed by atoms with van der Waals surface area (Å²) in [6.07, 6.45) is 1.47. The molecule has 0 aliphatic rings. The van der Waals surface area contributed by atoms with Gasteiger partial charge >= 0.3 is 0 Å². The molecule has 2 aromatic carbocycles. The molecule has 0 spiro atoms. The van der Waals surface area contributed by atoms with Crippen LogP contribution in [-0.2, 0) is 26.2 Å². The lowest BCUT2D eigenvalue weighted by Gasteiger charge is -2.30. The van der Waals surface area contributed by atoms with E-state index in [1.165, 1.54) is 9.21 Å². The average Bonchev–Trinajstić information content (AvgIpc) is 2.84. The number of rotatable bonds is 14. The first-order valence-corrected chi connectivity index (χ1v) is 14.7. The zero-order chi connectivity index (χ0) is 27.6. The first-order valence-electron chi connectivity index (χ1n) is 12.4. The van der Waals surface area contributed by atoms with E-state index in [-0.39, 0.29) is 43.7 Å². The summed E-state index contributed by atoms with van der Waals surface area (Å²) in [7, 11) is -3.62. The van der Waals surface area contributed by atoms with Gasteiger partial charge in [0.25, 0.3) is 0 Å². The quantitative estimate of drug-likeness (QED) is 0.373. The second-order valence-electron chi connectivity index (χ2n) is 9.30. The van der Waals surface area contributed by atoms with E-state index < -0.39 is 16.1 Å².